The highest BCUT2D eigenvalue weighted by molar-refractivity contribution is 7.98. The van der Waals surface area contributed by atoms with E-state index in [1.807, 2.05) is 53.8 Å². The molecule has 0 spiro atoms. The van der Waals surface area contributed by atoms with E-state index in [9.17, 15) is 4.79 Å². The Morgan fingerprint density at radius 3 is 2.77 bits per heavy atom. The van der Waals surface area contributed by atoms with Crippen molar-refractivity contribution in [3.05, 3.63) is 83.0 Å². The van der Waals surface area contributed by atoms with Gasteiger partial charge in [-0.15, -0.1) is 16.8 Å². The van der Waals surface area contributed by atoms with Crippen LogP contribution >= 0.6 is 11.8 Å². The van der Waals surface area contributed by atoms with Crippen LogP contribution in [0, 0.1) is 6.92 Å². The molecule has 0 amide bonds. The fourth-order valence-electron chi connectivity index (χ4n) is 3.49. The van der Waals surface area contributed by atoms with Crippen LogP contribution in [0.3, 0.4) is 0 Å². The van der Waals surface area contributed by atoms with Crippen LogP contribution in [0.5, 0.6) is 0 Å². The first-order valence-electron chi connectivity index (χ1n) is 9.66. The number of rotatable bonds is 6. The largest absolute Gasteiger partial charge is 0.338 e. The summed E-state index contributed by atoms with van der Waals surface area (Å²) in [5.74, 6) is 1.94. The van der Waals surface area contributed by atoms with Crippen molar-refractivity contribution >= 4 is 28.4 Å². The number of aryl methyl sites for hydroxylation is 1. The topological polar surface area (TPSA) is 91.1 Å². The minimum Gasteiger partial charge on any atom is -0.338 e. The van der Waals surface area contributed by atoms with Gasteiger partial charge in [0.25, 0.3) is 5.56 Å². The predicted molar refractivity (Wildman–Crippen MR) is 119 cm³/mol. The molecule has 154 valence electrons. The van der Waals surface area contributed by atoms with Gasteiger partial charge in [-0.25, -0.2) is 0 Å². The van der Waals surface area contributed by atoms with Gasteiger partial charge in [0.15, 0.2) is 5.16 Å². The zero-order chi connectivity index (χ0) is 21.4. The fraction of sp³-hybridized carbons (Fsp3) is 0.136. The second-order valence-corrected chi connectivity index (χ2v) is 7.90. The van der Waals surface area contributed by atoms with E-state index in [-0.39, 0.29) is 5.56 Å². The second-order valence-electron chi connectivity index (χ2n) is 6.95. The molecule has 8 nitrogen and oxygen atoms in total. The molecule has 0 unspecified atom stereocenters. The Morgan fingerprint density at radius 1 is 1.13 bits per heavy atom. The summed E-state index contributed by atoms with van der Waals surface area (Å²) >= 11 is 1.42. The average Bonchev–Trinajstić information content (AvgIpc) is 3.43. The van der Waals surface area contributed by atoms with Crippen molar-refractivity contribution in [3.8, 4) is 11.4 Å². The molecule has 0 aliphatic carbocycles. The molecule has 0 aliphatic heterocycles. The lowest BCUT2D eigenvalue weighted by atomic mass is 10.1. The van der Waals surface area contributed by atoms with Crippen LogP contribution in [-0.2, 0) is 12.3 Å². The maximum absolute atomic E-state index is 12.9. The molecule has 3 heterocycles. The maximum atomic E-state index is 12.9. The molecule has 2 aromatic carbocycles. The molecule has 5 aromatic rings. The number of hydrogen-bond donors (Lipinski definition) is 0. The quantitative estimate of drug-likeness (QED) is 0.298. The zero-order valence-corrected chi connectivity index (χ0v) is 17.5. The van der Waals surface area contributed by atoms with Crippen molar-refractivity contribution in [1.29, 1.82) is 0 Å². The second kappa shape index (κ2) is 7.84. The standard InChI is InChI=1S/C22H18N6O2S/c1-3-12-27-20(29)16-10-6-7-11-17(16)28-21(27)24-25-22(28)31-13-18-23-19(26-30-18)15-9-5-4-8-14(15)2/h3-11H,1,12-13H2,2H3. The van der Waals surface area contributed by atoms with Crippen molar-refractivity contribution in [2.45, 2.75) is 24.4 Å². The summed E-state index contributed by atoms with van der Waals surface area (Å²) in [4.78, 5) is 17.4. The number of fused-ring (bicyclic) bond motifs is 3. The number of hydrogen-bond acceptors (Lipinski definition) is 7. The minimum atomic E-state index is -0.119. The molecule has 0 saturated heterocycles. The lowest BCUT2D eigenvalue weighted by Gasteiger charge is -2.09. The lowest BCUT2D eigenvalue weighted by molar-refractivity contribution is 0.391. The molecule has 3 aromatic heterocycles. The smallest absolute Gasteiger partial charge is 0.263 e. The average molecular weight is 430 g/mol. The van der Waals surface area contributed by atoms with E-state index >= 15 is 0 Å². The Labute approximate surface area is 181 Å². The highest BCUT2D eigenvalue weighted by atomic mass is 32.2. The molecule has 0 aliphatic rings. The van der Waals surface area contributed by atoms with Crippen molar-refractivity contribution < 1.29 is 4.52 Å². The van der Waals surface area contributed by atoms with E-state index in [4.69, 9.17) is 4.52 Å². The van der Waals surface area contributed by atoms with Gasteiger partial charge in [0.2, 0.25) is 17.5 Å². The Bertz CT molecular complexity index is 1480. The van der Waals surface area contributed by atoms with Gasteiger partial charge >= 0.3 is 0 Å². The maximum Gasteiger partial charge on any atom is 0.263 e. The minimum absolute atomic E-state index is 0.119. The Morgan fingerprint density at radius 2 is 1.94 bits per heavy atom. The molecular formula is C22H18N6O2S. The summed E-state index contributed by atoms with van der Waals surface area (Å²) < 4.78 is 8.89. The summed E-state index contributed by atoms with van der Waals surface area (Å²) in [6.45, 7) is 6.11. The fourth-order valence-corrected chi connectivity index (χ4v) is 4.27. The summed E-state index contributed by atoms with van der Waals surface area (Å²) in [6, 6.07) is 15.3. The molecular weight excluding hydrogens is 412 g/mol. The summed E-state index contributed by atoms with van der Waals surface area (Å²) in [6.07, 6.45) is 1.67. The summed E-state index contributed by atoms with van der Waals surface area (Å²) in [5.41, 5.74) is 2.65. The first-order valence-corrected chi connectivity index (χ1v) is 10.6. The van der Waals surface area contributed by atoms with Gasteiger partial charge in [-0.05, 0) is 24.6 Å². The normalized spacial score (nSPS) is 11.4. The van der Waals surface area contributed by atoms with Gasteiger partial charge in [0.05, 0.1) is 16.7 Å². The first-order chi connectivity index (χ1) is 15.2. The Kier molecular flexibility index (Phi) is 4.87. The summed E-state index contributed by atoms with van der Waals surface area (Å²) in [5, 5.41) is 13.9. The van der Waals surface area contributed by atoms with Crippen LogP contribution in [0.15, 0.2) is 75.7 Å². The number of allylic oxidation sites excluding steroid dienone is 1. The molecule has 9 heteroatoms. The molecule has 0 saturated carbocycles. The van der Waals surface area contributed by atoms with Crippen molar-refractivity contribution in [1.82, 2.24) is 29.3 Å². The number of para-hydroxylation sites is 1. The third kappa shape index (κ3) is 3.32. The van der Waals surface area contributed by atoms with Crippen LogP contribution in [0.1, 0.15) is 11.5 Å². The summed E-state index contributed by atoms with van der Waals surface area (Å²) in [7, 11) is 0. The first kappa shape index (κ1) is 19.3. The monoisotopic (exact) mass is 430 g/mol. The molecule has 5 rings (SSSR count). The number of thioether (sulfide) groups is 1. The van der Waals surface area contributed by atoms with Gasteiger partial charge in [0, 0.05) is 12.1 Å². The van der Waals surface area contributed by atoms with Crippen molar-refractivity contribution in [2.24, 2.45) is 0 Å². The van der Waals surface area contributed by atoms with Crippen molar-refractivity contribution in [3.63, 3.8) is 0 Å². The molecule has 31 heavy (non-hydrogen) atoms. The molecule has 0 atom stereocenters. The third-order valence-electron chi connectivity index (χ3n) is 4.97. The third-order valence-corrected chi connectivity index (χ3v) is 5.88. The van der Waals surface area contributed by atoms with Crippen LogP contribution in [0.25, 0.3) is 28.1 Å². The van der Waals surface area contributed by atoms with Gasteiger partial charge < -0.3 is 4.52 Å². The molecule has 0 fully saturated rings. The van der Waals surface area contributed by atoms with Gasteiger partial charge in [-0.3, -0.25) is 13.8 Å². The van der Waals surface area contributed by atoms with E-state index in [0.717, 1.165) is 16.6 Å². The number of benzene rings is 2. The highest BCUT2D eigenvalue weighted by Crippen LogP contribution is 2.26. The Hall–Kier alpha value is -3.72. The van der Waals surface area contributed by atoms with Gasteiger partial charge in [-0.1, -0.05) is 59.4 Å². The van der Waals surface area contributed by atoms with Crippen LogP contribution in [0.2, 0.25) is 0 Å². The molecule has 0 N–H and O–H groups in total. The lowest BCUT2D eigenvalue weighted by Crippen LogP contribution is -2.22. The number of aromatic nitrogens is 6. The molecule has 0 radical (unpaired) electrons. The highest BCUT2D eigenvalue weighted by Gasteiger charge is 2.17. The van der Waals surface area contributed by atoms with Crippen molar-refractivity contribution in [2.75, 3.05) is 0 Å². The predicted octanol–water partition coefficient (Wildman–Crippen LogP) is 3.88. The SMILES string of the molecule is C=CCn1c(=O)c2ccccc2n2c(SCc3nc(-c4ccccc4C)no3)nnc12. The van der Waals surface area contributed by atoms with Gasteiger partial charge in [0.1, 0.15) is 0 Å². The van der Waals surface area contributed by atoms with Crippen LogP contribution in [0.4, 0.5) is 0 Å². The van der Waals surface area contributed by atoms with Crippen LogP contribution in [-0.4, -0.2) is 29.3 Å². The van der Waals surface area contributed by atoms with E-state index in [0.29, 0.717) is 40.3 Å². The van der Waals surface area contributed by atoms with E-state index in [1.54, 1.807) is 16.7 Å². The number of nitrogens with zero attached hydrogens (tertiary/aromatic N) is 6. The van der Waals surface area contributed by atoms with E-state index < -0.39 is 0 Å². The van der Waals surface area contributed by atoms with E-state index in [1.165, 1.54) is 11.8 Å². The molecule has 0 bridgehead atoms. The van der Waals surface area contributed by atoms with Crippen LogP contribution < -0.4 is 5.56 Å². The van der Waals surface area contributed by atoms with E-state index in [2.05, 4.69) is 26.9 Å². The Balaban J connectivity index is 1.52. The zero-order valence-electron chi connectivity index (χ0n) is 16.7. The van der Waals surface area contributed by atoms with Gasteiger partial charge in [-0.2, -0.15) is 4.98 Å².